The third-order valence-corrected chi connectivity index (χ3v) is 3.93. The molecule has 1 N–H and O–H groups in total. The summed E-state index contributed by atoms with van der Waals surface area (Å²) in [6.45, 7) is 1.35. The van der Waals surface area contributed by atoms with Crippen molar-refractivity contribution in [3.8, 4) is 0 Å². The fraction of sp³-hybridized carbons (Fsp3) is 0.250. The van der Waals surface area contributed by atoms with Gasteiger partial charge in [-0.1, -0.05) is 18.2 Å². The molecule has 0 bridgehead atoms. The molecule has 1 fully saturated rings. The molecule has 4 rings (SSSR count). The molecule has 1 aliphatic heterocycles. The van der Waals surface area contributed by atoms with E-state index < -0.39 is 0 Å². The lowest BCUT2D eigenvalue weighted by molar-refractivity contribution is 0.0780. The van der Waals surface area contributed by atoms with E-state index >= 15 is 0 Å². The summed E-state index contributed by atoms with van der Waals surface area (Å²) in [6, 6.07) is 12.0. The molecule has 0 saturated carbocycles. The number of nitrogens with one attached hydrogen (secondary N) is 1. The van der Waals surface area contributed by atoms with Gasteiger partial charge in [0.05, 0.1) is 0 Å². The summed E-state index contributed by atoms with van der Waals surface area (Å²) in [6.07, 6.45) is 4.27. The second kappa shape index (κ2) is 5.68. The first-order chi connectivity index (χ1) is 11.3. The maximum absolute atomic E-state index is 12.5. The van der Waals surface area contributed by atoms with E-state index in [2.05, 4.69) is 20.4 Å². The molecule has 3 aromatic rings. The molecule has 1 aliphatic rings. The number of amides is 1. The molecule has 1 atom stereocenters. The van der Waals surface area contributed by atoms with E-state index in [-0.39, 0.29) is 17.8 Å². The van der Waals surface area contributed by atoms with Crippen LogP contribution in [0.15, 0.2) is 48.8 Å². The number of hydrogen-bond donors (Lipinski definition) is 1. The van der Waals surface area contributed by atoms with Crippen molar-refractivity contribution in [1.29, 1.82) is 0 Å². The number of hydrogen-bond acceptors (Lipinski definition) is 5. The molecule has 116 valence electrons. The molecule has 7 nitrogen and oxygen atoms in total. The zero-order valence-electron chi connectivity index (χ0n) is 12.5. The maximum atomic E-state index is 12.5. The van der Waals surface area contributed by atoms with Gasteiger partial charge < -0.3 is 10.2 Å². The van der Waals surface area contributed by atoms with Gasteiger partial charge in [0.25, 0.3) is 11.7 Å². The molecule has 3 heterocycles. The van der Waals surface area contributed by atoms with Gasteiger partial charge in [-0.25, -0.2) is 9.50 Å². The smallest absolute Gasteiger partial charge is 0.293 e. The highest BCUT2D eigenvalue weighted by Crippen LogP contribution is 2.17. The summed E-state index contributed by atoms with van der Waals surface area (Å²) in [5.74, 6) is 0.492. The van der Waals surface area contributed by atoms with Gasteiger partial charge in [0.2, 0.25) is 5.82 Å². The van der Waals surface area contributed by atoms with Gasteiger partial charge in [0, 0.05) is 37.2 Å². The van der Waals surface area contributed by atoms with E-state index in [0.717, 1.165) is 12.1 Å². The molecule has 0 radical (unpaired) electrons. The van der Waals surface area contributed by atoms with Crippen LogP contribution in [0, 0.1) is 0 Å². The van der Waals surface area contributed by atoms with Crippen molar-refractivity contribution in [3.05, 3.63) is 54.6 Å². The number of carbonyl (C=O) groups excluding carboxylic acids is 1. The molecular formula is C16H16N6O. The summed E-state index contributed by atoms with van der Waals surface area (Å²) in [7, 11) is 0. The average molecular weight is 308 g/mol. The minimum absolute atomic E-state index is 0.145. The number of likely N-dealkylation sites (tertiary alicyclic amines) is 1. The molecule has 2 aromatic heterocycles. The minimum atomic E-state index is -0.145. The SMILES string of the molecule is O=C(c1nc2ncccn2n1)N1CCC(Nc2ccccc2)C1. The highest BCUT2D eigenvalue weighted by molar-refractivity contribution is 5.91. The van der Waals surface area contributed by atoms with Crippen molar-refractivity contribution >= 4 is 17.4 Å². The summed E-state index contributed by atoms with van der Waals surface area (Å²) in [5, 5.41) is 7.65. The lowest BCUT2D eigenvalue weighted by Crippen LogP contribution is -2.32. The first kappa shape index (κ1) is 13.7. The average Bonchev–Trinajstić information content (AvgIpc) is 3.21. The van der Waals surface area contributed by atoms with E-state index in [1.54, 1.807) is 23.4 Å². The standard InChI is InChI=1S/C16H16N6O/c23-15(14-19-16-17-8-4-9-22(16)20-14)21-10-7-13(11-21)18-12-5-2-1-3-6-12/h1-6,8-9,13,18H,7,10-11H2. The topological polar surface area (TPSA) is 75.4 Å². The van der Waals surface area contributed by atoms with Gasteiger partial charge in [-0.2, -0.15) is 4.98 Å². The van der Waals surface area contributed by atoms with Crippen LogP contribution in [0.25, 0.3) is 5.78 Å². The molecular weight excluding hydrogens is 292 g/mol. The number of nitrogens with zero attached hydrogens (tertiary/aromatic N) is 5. The number of rotatable bonds is 3. The van der Waals surface area contributed by atoms with E-state index in [4.69, 9.17) is 0 Å². The van der Waals surface area contributed by atoms with Crippen molar-refractivity contribution in [2.24, 2.45) is 0 Å². The van der Waals surface area contributed by atoms with Crippen LogP contribution < -0.4 is 5.32 Å². The van der Waals surface area contributed by atoms with Gasteiger partial charge >= 0.3 is 0 Å². The van der Waals surface area contributed by atoms with Crippen molar-refractivity contribution in [2.45, 2.75) is 12.5 Å². The Bertz CT molecular complexity index is 798. The normalized spacial score (nSPS) is 17.6. The Kier molecular flexibility index (Phi) is 3.38. The van der Waals surface area contributed by atoms with E-state index in [1.165, 1.54) is 4.52 Å². The molecule has 23 heavy (non-hydrogen) atoms. The fourth-order valence-electron chi connectivity index (χ4n) is 2.80. The molecule has 1 amide bonds. The monoisotopic (exact) mass is 308 g/mol. The lowest BCUT2D eigenvalue weighted by Gasteiger charge is -2.16. The van der Waals surface area contributed by atoms with Gasteiger partial charge in [0.1, 0.15) is 0 Å². The zero-order chi connectivity index (χ0) is 15.6. The number of para-hydroxylation sites is 1. The number of benzene rings is 1. The Balaban J connectivity index is 1.45. The number of carbonyl (C=O) groups is 1. The van der Waals surface area contributed by atoms with Crippen molar-refractivity contribution in [2.75, 3.05) is 18.4 Å². The molecule has 1 aromatic carbocycles. The predicted molar refractivity (Wildman–Crippen MR) is 85.2 cm³/mol. The molecule has 1 unspecified atom stereocenters. The third kappa shape index (κ3) is 2.73. The minimum Gasteiger partial charge on any atom is -0.380 e. The van der Waals surface area contributed by atoms with Crippen molar-refractivity contribution < 1.29 is 4.79 Å². The summed E-state index contributed by atoms with van der Waals surface area (Å²) in [4.78, 5) is 22.6. The Hall–Kier alpha value is -2.96. The van der Waals surface area contributed by atoms with E-state index in [0.29, 0.717) is 18.9 Å². The summed E-state index contributed by atoms with van der Waals surface area (Å²) >= 11 is 0. The Labute approximate surface area is 133 Å². The molecule has 7 heteroatoms. The Morgan fingerprint density at radius 2 is 2.09 bits per heavy atom. The zero-order valence-corrected chi connectivity index (χ0v) is 12.5. The first-order valence-corrected chi connectivity index (χ1v) is 7.58. The second-order valence-electron chi connectivity index (χ2n) is 5.55. The highest BCUT2D eigenvalue weighted by atomic mass is 16.2. The number of aromatic nitrogens is 4. The Morgan fingerprint density at radius 1 is 1.22 bits per heavy atom. The van der Waals surface area contributed by atoms with Crippen molar-refractivity contribution in [1.82, 2.24) is 24.5 Å². The summed E-state index contributed by atoms with van der Waals surface area (Å²) in [5.41, 5.74) is 1.07. The second-order valence-corrected chi connectivity index (χ2v) is 5.55. The van der Waals surface area contributed by atoms with Crippen LogP contribution in [-0.4, -0.2) is 49.5 Å². The van der Waals surface area contributed by atoms with Gasteiger partial charge in [-0.05, 0) is 24.6 Å². The van der Waals surface area contributed by atoms with Crippen LogP contribution in [-0.2, 0) is 0 Å². The van der Waals surface area contributed by atoms with Crippen molar-refractivity contribution in [3.63, 3.8) is 0 Å². The van der Waals surface area contributed by atoms with Gasteiger partial charge in [0.15, 0.2) is 0 Å². The fourth-order valence-corrected chi connectivity index (χ4v) is 2.80. The Morgan fingerprint density at radius 3 is 2.91 bits per heavy atom. The predicted octanol–water partition coefficient (Wildman–Crippen LogP) is 1.45. The third-order valence-electron chi connectivity index (χ3n) is 3.93. The first-order valence-electron chi connectivity index (χ1n) is 7.58. The van der Waals surface area contributed by atoms with E-state index in [9.17, 15) is 4.79 Å². The maximum Gasteiger partial charge on any atom is 0.293 e. The molecule has 0 spiro atoms. The highest BCUT2D eigenvalue weighted by Gasteiger charge is 2.29. The van der Waals surface area contributed by atoms with Gasteiger partial charge in [-0.15, -0.1) is 5.10 Å². The lowest BCUT2D eigenvalue weighted by atomic mass is 10.2. The number of fused-ring (bicyclic) bond motifs is 1. The van der Waals surface area contributed by atoms with Crippen LogP contribution in [0.2, 0.25) is 0 Å². The van der Waals surface area contributed by atoms with Crippen LogP contribution in [0.1, 0.15) is 17.0 Å². The van der Waals surface area contributed by atoms with Crippen LogP contribution >= 0.6 is 0 Å². The van der Waals surface area contributed by atoms with Crippen LogP contribution in [0.3, 0.4) is 0 Å². The van der Waals surface area contributed by atoms with Crippen LogP contribution in [0.5, 0.6) is 0 Å². The number of anilines is 1. The quantitative estimate of drug-likeness (QED) is 0.792. The largest absolute Gasteiger partial charge is 0.380 e. The van der Waals surface area contributed by atoms with Crippen LogP contribution in [0.4, 0.5) is 5.69 Å². The molecule has 0 aliphatic carbocycles. The molecule has 1 saturated heterocycles. The summed E-state index contributed by atoms with van der Waals surface area (Å²) < 4.78 is 1.52. The van der Waals surface area contributed by atoms with E-state index in [1.807, 2.05) is 30.3 Å². The van der Waals surface area contributed by atoms with Gasteiger partial charge in [-0.3, -0.25) is 4.79 Å².